The van der Waals surface area contributed by atoms with Crippen LogP contribution in [-0.4, -0.2) is 18.5 Å². The molecule has 78 valence electrons. The molecule has 0 aliphatic heterocycles. The molecule has 0 aromatic rings. The average Bonchev–Trinajstić information content (AvgIpc) is 2.04. The Morgan fingerprint density at radius 2 is 2.00 bits per heavy atom. The van der Waals surface area contributed by atoms with Crippen molar-refractivity contribution in [3.8, 4) is 0 Å². The zero-order valence-corrected chi connectivity index (χ0v) is 9.52. The van der Waals surface area contributed by atoms with Crippen molar-refractivity contribution in [1.82, 2.24) is 0 Å². The molecule has 0 bridgehead atoms. The lowest BCUT2D eigenvalue weighted by Gasteiger charge is -2.23. The lowest BCUT2D eigenvalue weighted by atomic mass is 9.95. The van der Waals surface area contributed by atoms with Crippen LogP contribution in [0, 0.1) is 5.92 Å². The number of ether oxygens (including phenoxy) is 1. The van der Waals surface area contributed by atoms with E-state index in [1.807, 2.05) is 6.92 Å². The largest absolute Gasteiger partial charge is 0.379 e. The maximum absolute atomic E-state index is 10.9. The minimum Gasteiger partial charge on any atom is -0.379 e. The smallest absolute Gasteiger partial charge is 0.132 e. The highest BCUT2D eigenvalue weighted by Crippen LogP contribution is 2.19. The van der Waals surface area contributed by atoms with Gasteiger partial charge in [-0.1, -0.05) is 6.92 Å². The van der Waals surface area contributed by atoms with Crippen molar-refractivity contribution in [3.05, 3.63) is 0 Å². The van der Waals surface area contributed by atoms with E-state index in [9.17, 15) is 4.79 Å². The summed E-state index contributed by atoms with van der Waals surface area (Å²) in [4.78, 5) is 10.9. The van der Waals surface area contributed by atoms with Crippen LogP contribution in [0.1, 0.15) is 47.0 Å². The summed E-state index contributed by atoms with van der Waals surface area (Å²) in [5.41, 5.74) is -0.0451. The molecule has 0 aromatic carbocycles. The van der Waals surface area contributed by atoms with Crippen molar-refractivity contribution in [2.24, 2.45) is 5.92 Å². The Bertz CT molecular complexity index is 161. The Labute approximate surface area is 81.7 Å². The van der Waals surface area contributed by atoms with E-state index in [1.54, 1.807) is 14.0 Å². The van der Waals surface area contributed by atoms with Crippen LogP contribution in [0.3, 0.4) is 0 Å². The molecule has 0 unspecified atom stereocenters. The molecule has 0 fully saturated rings. The minimum atomic E-state index is -0.0451. The first-order valence-corrected chi connectivity index (χ1v) is 4.94. The van der Waals surface area contributed by atoms with Gasteiger partial charge in [0.2, 0.25) is 0 Å². The van der Waals surface area contributed by atoms with Crippen molar-refractivity contribution in [3.63, 3.8) is 0 Å². The second-order valence-electron chi connectivity index (χ2n) is 4.37. The Balaban J connectivity index is 3.62. The van der Waals surface area contributed by atoms with E-state index in [4.69, 9.17) is 4.74 Å². The minimum absolute atomic E-state index is 0.0451. The van der Waals surface area contributed by atoms with E-state index in [0.717, 1.165) is 19.3 Å². The second kappa shape index (κ2) is 5.38. The number of hydrogen-bond donors (Lipinski definition) is 0. The number of rotatable bonds is 6. The first-order valence-electron chi connectivity index (χ1n) is 4.94. The van der Waals surface area contributed by atoms with Crippen LogP contribution >= 0.6 is 0 Å². The van der Waals surface area contributed by atoms with E-state index < -0.39 is 0 Å². The standard InChI is InChI=1S/C11H22O2/c1-9(10(2)12)7-6-8-11(3,4)13-5/h9H,6-8H2,1-5H3/t9-/m0/s1. The Kier molecular flexibility index (Phi) is 5.23. The van der Waals surface area contributed by atoms with Crippen LogP contribution in [0.25, 0.3) is 0 Å². The van der Waals surface area contributed by atoms with E-state index >= 15 is 0 Å². The van der Waals surface area contributed by atoms with Crippen LogP contribution < -0.4 is 0 Å². The molecule has 2 nitrogen and oxygen atoms in total. The molecule has 0 aliphatic rings. The van der Waals surface area contributed by atoms with Gasteiger partial charge in [0, 0.05) is 13.0 Å². The van der Waals surface area contributed by atoms with Gasteiger partial charge in [-0.15, -0.1) is 0 Å². The quantitative estimate of drug-likeness (QED) is 0.637. The van der Waals surface area contributed by atoms with Crippen LogP contribution in [-0.2, 0) is 9.53 Å². The van der Waals surface area contributed by atoms with Gasteiger partial charge in [-0.2, -0.15) is 0 Å². The lowest BCUT2D eigenvalue weighted by Crippen LogP contribution is -2.22. The number of Topliss-reactive ketones (excluding diaryl/α,β-unsaturated/α-hetero) is 1. The maximum Gasteiger partial charge on any atom is 0.132 e. The third-order valence-electron chi connectivity index (χ3n) is 2.66. The Morgan fingerprint density at radius 1 is 1.46 bits per heavy atom. The van der Waals surface area contributed by atoms with E-state index in [1.165, 1.54) is 0 Å². The molecule has 0 spiro atoms. The Hall–Kier alpha value is -0.370. The fraction of sp³-hybridized carbons (Fsp3) is 0.909. The van der Waals surface area contributed by atoms with Gasteiger partial charge in [0.15, 0.2) is 0 Å². The van der Waals surface area contributed by atoms with Gasteiger partial charge in [0.1, 0.15) is 5.78 Å². The fourth-order valence-electron chi connectivity index (χ4n) is 1.14. The van der Waals surface area contributed by atoms with Crippen LogP contribution in [0.4, 0.5) is 0 Å². The molecule has 0 saturated carbocycles. The molecule has 0 N–H and O–H groups in total. The predicted molar refractivity (Wildman–Crippen MR) is 54.8 cm³/mol. The van der Waals surface area contributed by atoms with Gasteiger partial charge in [-0.05, 0) is 40.0 Å². The molecule has 0 heterocycles. The zero-order valence-electron chi connectivity index (χ0n) is 9.52. The number of hydrogen-bond acceptors (Lipinski definition) is 2. The first-order chi connectivity index (χ1) is 5.89. The topological polar surface area (TPSA) is 26.3 Å². The molecule has 0 amide bonds. The average molecular weight is 186 g/mol. The van der Waals surface area contributed by atoms with Crippen LogP contribution in [0.5, 0.6) is 0 Å². The summed E-state index contributed by atoms with van der Waals surface area (Å²) < 4.78 is 5.30. The molecule has 2 heteroatoms. The third-order valence-corrected chi connectivity index (χ3v) is 2.66. The summed E-state index contributed by atoms with van der Waals surface area (Å²) in [6, 6.07) is 0. The molecule has 0 rings (SSSR count). The number of methoxy groups -OCH3 is 1. The van der Waals surface area contributed by atoms with Gasteiger partial charge in [-0.3, -0.25) is 4.79 Å². The van der Waals surface area contributed by atoms with E-state index in [-0.39, 0.29) is 17.3 Å². The molecule has 0 radical (unpaired) electrons. The summed E-state index contributed by atoms with van der Waals surface area (Å²) >= 11 is 0. The molecule has 13 heavy (non-hydrogen) atoms. The van der Waals surface area contributed by atoms with Crippen molar-refractivity contribution < 1.29 is 9.53 Å². The van der Waals surface area contributed by atoms with E-state index in [2.05, 4.69) is 13.8 Å². The van der Waals surface area contributed by atoms with Gasteiger partial charge >= 0.3 is 0 Å². The first kappa shape index (κ1) is 12.6. The summed E-state index contributed by atoms with van der Waals surface area (Å²) in [6.45, 7) is 7.80. The highest BCUT2D eigenvalue weighted by molar-refractivity contribution is 5.77. The number of carbonyl (C=O) groups excluding carboxylic acids is 1. The third kappa shape index (κ3) is 5.81. The van der Waals surface area contributed by atoms with Gasteiger partial charge in [0.05, 0.1) is 5.60 Å². The van der Waals surface area contributed by atoms with Crippen molar-refractivity contribution in [2.75, 3.05) is 7.11 Å². The zero-order chi connectivity index (χ0) is 10.5. The molecule has 0 saturated heterocycles. The number of ketones is 1. The predicted octanol–water partition coefficient (Wildman–Crippen LogP) is 2.81. The maximum atomic E-state index is 10.9. The fourth-order valence-corrected chi connectivity index (χ4v) is 1.14. The highest BCUT2D eigenvalue weighted by Gasteiger charge is 2.16. The SMILES string of the molecule is COC(C)(C)CCC[C@H](C)C(C)=O. The van der Waals surface area contributed by atoms with Crippen molar-refractivity contribution in [1.29, 1.82) is 0 Å². The summed E-state index contributed by atoms with van der Waals surface area (Å²) in [5.74, 6) is 0.489. The number of carbonyl (C=O) groups is 1. The van der Waals surface area contributed by atoms with Crippen LogP contribution in [0.15, 0.2) is 0 Å². The lowest BCUT2D eigenvalue weighted by molar-refractivity contribution is -0.120. The molecule has 0 aliphatic carbocycles. The normalized spacial score (nSPS) is 14.2. The van der Waals surface area contributed by atoms with Gasteiger partial charge < -0.3 is 4.74 Å². The van der Waals surface area contributed by atoms with E-state index in [0.29, 0.717) is 0 Å². The second-order valence-corrected chi connectivity index (χ2v) is 4.37. The van der Waals surface area contributed by atoms with Crippen LogP contribution in [0.2, 0.25) is 0 Å². The Morgan fingerprint density at radius 3 is 2.38 bits per heavy atom. The summed E-state index contributed by atoms with van der Waals surface area (Å²) in [7, 11) is 1.73. The van der Waals surface area contributed by atoms with Crippen molar-refractivity contribution >= 4 is 5.78 Å². The monoisotopic (exact) mass is 186 g/mol. The summed E-state index contributed by atoms with van der Waals surface area (Å²) in [6.07, 6.45) is 3.05. The van der Waals surface area contributed by atoms with Gasteiger partial charge in [-0.25, -0.2) is 0 Å². The molecular weight excluding hydrogens is 164 g/mol. The molecule has 0 aromatic heterocycles. The summed E-state index contributed by atoms with van der Waals surface area (Å²) in [5, 5.41) is 0. The van der Waals surface area contributed by atoms with Crippen molar-refractivity contribution in [2.45, 2.75) is 52.6 Å². The highest BCUT2D eigenvalue weighted by atomic mass is 16.5. The van der Waals surface area contributed by atoms with Gasteiger partial charge in [0.25, 0.3) is 0 Å². The molecule has 1 atom stereocenters. The molecular formula is C11H22O2.